The van der Waals surface area contributed by atoms with Gasteiger partial charge in [-0.2, -0.15) is 9.94 Å². The molecule has 0 unspecified atom stereocenters. The van der Waals surface area contributed by atoms with Crippen LogP contribution in [0.5, 0.6) is 11.6 Å². The van der Waals surface area contributed by atoms with Gasteiger partial charge in [0.25, 0.3) is 11.1 Å². The standard InChI is InChI=1S/C18H8Br2N6O4.Ca.2H/c19-11-5-8(26-18(29)22-16(28)13(7-21)25-26)6-12(20)14(11)30-17-10-4-2-1-3-9(10)15(27)23-24-17;;;/h1-6H,(H,23,27)(H,22,28,29);;;/q;+2;2*-1. The van der Waals surface area contributed by atoms with E-state index in [-0.39, 0.29) is 57.7 Å². The second kappa shape index (κ2) is 9.46. The smallest absolute Gasteiger partial charge is 1.00 e. The molecule has 0 aliphatic carbocycles. The van der Waals surface area contributed by atoms with E-state index in [9.17, 15) is 14.4 Å². The van der Waals surface area contributed by atoms with Crippen LogP contribution in [0.4, 0.5) is 0 Å². The molecule has 0 atom stereocenters. The van der Waals surface area contributed by atoms with Gasteiger partial charge in [0.1, 0.15) is 6.07 Å². The average Bonchev–Trinajstić information content (AvgIpc) is 2.72. The molecule has 0 spiro atoms. The third-order valence-corrected chi connectivity index (χ3v) is 5.20. The molecule has 31 heavy (non-hydrogen) atoms. The molecule has 0 aliphatic rings. The summed E-state index contributed by atoms with van der Waals surface area (Å²) in [4.78, 5) is 37.7. The fourth-order valence-electron chi connectivity index (χ4n) is 2.68. The molecule has 0 amide bonds. The zero-order chi connectivity index (χ0) is 21.4. The van der Waals surface area contributed by atoms with Crippen molar-refractivity contribution in [3.63, 3.8) is 0 Å². The zero-order valence-corrected chi connectivity index (χ0v) is 20.7. The Morgan fingerprint density at radius 3 is 2.35 bits per heavy atom. The van der Waals surface area contributed by atoms with Crippen molar-refractivity contribution >= 4 is 80.4 Å². The van der Waals surface area contributed by atoms with Crippen molar-refractivity contribution in [2.75, 3.05) is 0 Å². The molecule has 4 aromatic rings. The Morgan fingerprint density at radius 2 is 1.71 bits per heavy atom. The summed E-state index contributed by atoms with van der Waals surface area (Å²) in [5.41, 5.74) is -2.21. The summed E-state index contributed by atoms with van der Waals surface area (Å²) in [6.45, 7) is 0. The zero-order valence-electron chi connectivity index (χ0n) is 17.3. The summed E-state index contributed by atoms with van der Waals surface area (Å²) >= 11 is 6.74. The van der Waals surface area contributed by atoms with E-state index in [1.165, 1.54) is 12.1 Å². The van der Waals surface area contributed by atoms with Gasteiger partial charge in [0.15, 0.2) is 5.75 Å². The van der Waals surface area contributed by atoms with E-state index in [4.69, 9.17) is 10.00 Å². The summed E-state index contributed by atoms with van der Waals surface area (Å²) in [6.07, 6.45) is 0. The maximum atomic E-state index is 12.1. The van der Waals surface area contributed by atoms with Crippen molar-refractivity contribution < 1.29 is 7.59 Å². The van der Waals surface area contributed by atoms with Gasteiger partial charge in [0, 0.05) is 0 Å². The quantitative estimate of drug-likeness (QED) is 0.357. The summed E-state index contributed by atoms with van der Waals surface area (Å²) in [7, 11) is 0. The molecule has 0 aliphatic heterocycles. The average molecular weight is 574 g/mol. The van der Waals surface area contributed by atoms with E-state index in [1.807, 2.05) is 4.98 Å². The first kappa shape index (κ1) is 23.4. The number of nitrogens with zero attached hydrogens (tertiary/aromatic N) is 4. The van der Waals surface area contributed by atoms with Crippen LogP contribution in [-0.4, -0.2) is 62.7 Å². The molecule has 152 valence electrons. The Kier molecular flexibility index (Phi) is 7.13. The number of aromatic nitrogens is 5. The molecule has 2 N–H and O–H groups in total. The summed E-state index contributed by atoms with van der Waals surface area (Å²) in [5, 5.41) is 20.0. The van der Waals surface area contributed by atoms with Crippen LogP contribution >= 0.6 is 31.9 Å². The van der Waals surface area contributed by atoms with Crippen LogP contribution in [0.15, 0.2) is 59.7 Å². The Bertz CT molecular complexity index is 1530. The number of rotatable bonds is 3. The summed E-state index contributed by atoms with van der Waals surface area (Å²) in [6, 6.07) is 11.5. The van der Waals surface area contributed by atoms with Crippen LogP contribution in [0.2, 0.25) is 0 Å². The van der Waals surface area contributed by atoms with Crippen molar-refractivity contribution in [1.82, 2.24) is 25.0 Å². The Labute approximate surface area is 222 Å². The normalized spacial score (nSPS) is 10.4. The molecule has 2 heterocycles. The van der Waals surface area contributed by atoms with E-state index >= 15 is 0 Å². The van der Waals surface area contributed by atoms with Crippen LogP contribution in [-0.2, 0) is 0 Å². The number of H-pyrrole nitrogens is 2. The SMILES string of the molecule is N#Cc1nn(-c2cc(Br)c(Oc3n[nH]c(=O)c4ccccc34)c(Br)c2)c(=O)[nH]c1=O.[Ca+2].[H-].[H-]. The van der Waals surface area contributed by atoms with E-state index in [2.05, 4.69) is 47.2 Å². The van der Waals surface area contributed by atoms with Gasteiger partial charge in [-0.15, -0.1) is 10.2 Å². The van der Waals surface area contributed by atoms with Gasteiger partial charge in [-0.25, -0.2) is 9.89 Å². The third kappa shape index (κ3) is 4.51. The number of aromatic amines is 2. The molecule has 2 aromatic carbocycles. The van der Waals surface area contributed by atoms with Crippen LogP contribution < -0.4 is 21.5 Å². The predicted molar refractivity (Wildman–Crippen MR) is 121 cm³/mol. The molecule has 0 saturated heterocycles. The maximum absolute atomic E-state index is 12.1. The van der Waals surface area contributed by atoms with Gasteiger partial charge < -0.3 is 7.59 Å². The van der Waals surface area contributed by atoms with Crippen molar-refractivity contribution in [3.8, 4) is 23.4 Å². The van der Waals surface area contributed by atoms with Gasteiger partial charge in [-0.3, -0.25) is 14.6 Å². The van der Waals surface area contributed by atoms with Crippen molar-refractivity contribution in [1.29, 1.82) is 5.26 Å². The number of nitrogens with one attached hydrogen (secondary N) is 2. The van der Waals surface area contributed by atoms with E-state index in [1.54, 1.807) is 30.3 Å². The summed E-state index contributed by atoms with van der Waals surface area (Å²) < 4.78 is 7.62. The Balaban J connectivity index is 0.00000181. The second-order valence-electron chi connectivity index (χ2n) is 5.88. The molecule has 0 saturated carbocycles. The molecule has 4 rings (SSSR count). The molecule has 13 heteroatoms. The Morgan fingerprint density at radius 1 is 1.06 bits per heavy atom. The Hall–Kier alpha value is -2.30. The largest absolute Gasteiger partial charge is 2.00 e. The number of nitriles is 1. The van der Waals surface area contributed by atoms with Gasteiger partial charge in [0.05, 0.1) is 25.4 Å². The van der Waals surface area contributed by atoms with Crippen molar-refractivity contribution in [3.05, 3.63) is 82.2 Å². The molecular formula is C18H10Br2CaN6O4. The molecule has 0 fully saturated rings. The molecule has 0 bridgehead atoms. The molecule has 0 radical (unpaired) electrons. The minimum atomic E-state index is -0.868. The number of halogens is 2. The maximum Gasteiger partial charge on any atom is 2.00 e. The van der Waals surface area contributed by atoms with Gasteiger partial charge >= 0.3 is 43.4 Å². The third-order valence-electron chi connectivity index (χ3n) is 4.02. The molecule has 10 nitrogen and oxygen atoms in total. The van der Waals surface area contributed by atoms with Crippen molar-refractivity contribution in [2.24, 2.45) is 0 Å². The van der Waals surface area contributed by atoms with Gasteiger partial charge in [0.2, 0.25) is 11.6 Å². The van der Waals surface area contributed by atoms with Crippen LogP contribution in [0.1, 0.15) is 8.55 Å². The number of fused-ring (bicyclic) bond motifs is 1. The minimum absolute atomic E-state index is 0. The fraction of sp³-hybridized carbons (Fsp3) is 0. The van der Waals surface area contributed by atoms with E-state index < -0.39 is 16.9 Å². The first-order chi connectivity index (χ1) is 14.4. The second-order valence-corrected chi connectivity index (χ2v) is 7.58. The summed E-state index contributed by atoms with van der Waals surface area (Å²) in [5.74, 6) is 0.492. The minimum Gasteiger partial charge on any atom is -1.00 e. The topological polar surface area (TPSA) is 147 Å². The van der Waals surface area contributed by atoms with Crippen LogP contribution in [0.25, 0.3) is 16.5 Å². The first-order valence-electron chi connectivity index (χ1n) is 8.17. The fourth-order valence-corrected chi connectivity index (χ4v) is 4.00. The number of hydrogen-bond donors (Lipinski definition) is 2. The molecule has 2 aromatic heterocycles. The van der Waals surface area contributed by atoms with Gasteiger partial charge in [-0.05, 0) is 56.1 Å². The number of ether oxygens (including phenoxy) is 1. The van der Waals surface area contributed by atoms with Gasteiger partial charge in [-0.1, -0.05) is 12.1 Å². The van der Waals surface area contributed by atoms with Crippen LogP contribution in [0.3, 0.4) is 0 Å². The number of hydrogen-bond acceptors (Lipinski definition) is 7. The van der Waals surface area contributed by atoms with Crippen LogP contribution in [0, 0.1) is 11.3 Å². The van der Waals surface area contributed by atoms with Crippen molar-refractivity contribution in [2.45, 2.75) is 0 Å². The van der Waals surface area contributed by atoms with E-state index in [0.29, 0.717) is 25.5 Å². The molecular weight excluding hydrogens is 564 g/mol. The first-order valence-corrected chi connectivity index (χ1v) is 9.76. The monoisotopic (exact) mass is 572 g/mol. The predicted octanol–water partition coefficient (Wildman–Crippen LogP) is 2.19. The van der Waals surface area contributed by atoms with E-state index in [0.717, 1.165) is 4.68 Å². The number of benzene rings is 2.